The Kier molecular flexibility index (Phi) is 7.61. The SMILES string of the molecule is Cc1cccc(C)c1NC(=O)[C@@H](C)OC(=O)C[C@H](NC(N)=O)c1ccccc1Cl. The molecule has 4 N–H and O–H groups in total. The van der Waals surface area contributed by atoms with Gasteiger partial charge < -0.3 is 21.1 Å². The predicted molar refractivity (Wildman–Crippen MR) is 112 cm³/mol. The molecule has 0 aliphatic rings. The van der Waals surface area contributed by atoms with E-state index in [1.165, 1.54) is 6.92 Å². The van der Waals surface area contributed by atoms with E-state index in [0.717, 1.165) is 11.1 Å². The van der Waals surface area contributed by atoms with Crippen LogP contribution in [0.2, 0.25) is 5.02 Å². The summed E-state index contributed by atoms with van der Waals surface area (Å²) in [6.07, 6.45) is -1.25. The Morgan fingerprint density at radius 3 is 2.28 bits per heavy atom. The topological polar surface area (TPSA) is 111 Å². The molecule has 0 saturated heterocycles. The number of para-hydroxylation sites is 1. The Labute approximate surface area is 174 Å². The largest absolute Gasteiger partial charge is 0.452 e. The second kappa shape index (κ2) is 9.93. The van der Waals surface area contributed by atoms with Gasteiger partial charge in [0.05, 0.1) is 12.5 Å². The molecule has 3 amide bonds. The van der Waals surface area contributed by atoms with E-state index in [-0.39, 0.29) is 6.42 Å². The van der Waals surface area contributed by atoms with Crippen LogP contribution >= 0.6 is 11.6 Å². The lowest BCUT2D eigenvalue weighted by Crippen LogP contribution is -2.36. The minimum absolute atomic E-state index is 0.228. The van der Waals surface area contributed by atoms with E-state index in [1.807, 2.05) is 32.0 Å². The molecule has 0 spiro atoms. The van der Waals surface area contributed by atoms with Crippen LogP contribution in [0.1, 0.15) is 36.1 Å². The number of rotatable bonds is 7. The van der Waals surface area contributed by atoms with Crippen LogP contribution in [0.5, 0.6) is 0 Å². The number of hydrogen-bond donors (Lipinski definition) is 3. The van der Waals surface area contributed by atoms with Crippen molar-refractivity contribution >= 4 is 35.2 Å². The van der Waals surface area contributed by atoms with Gasteiger partial charge in [0.25, 0.3) is 5.91 Å². The normalized spacial score (nSPS) is 12.6. The third kappa shape index (κ3) is 6.22. The molecule has 2 rings (SSSR count). The zero-order chi connectivity index (χ0) is 21.6. The highest BCUT2D eigenvalue weighted by Crippen LogP contribution is 2.26. The van der Waals surface area contributed by atoms with Gasteiger partial charge in [-0.3, -0.25) is 9.59 Å². The molecule has 0 aliphatic carbocycles. The smallest absolute Gasteiger partial charge is 0.312 e. The second-order valence-corrected chi connectivity index (χ2v) is 7.08. The van der Waals surface area contributed by atoms with Crippen molar-refractivity contribution in [1.82, 2.24) is 5.32 Å². The number of hydrogen-bond acceptors (Lipinski definition) is 4. The van der Waals surface area contributed by atoms with E-state index in [0.29, 0.717) is 16.3 Å². The first-order valence-electron chi connectivity index (χ1n) is 9.06. The van der Waals surface area contributed by atoms with Gasteiger partial charge in [0, 0.05) is 10.7 Å². The van der Waals surface area contributed by atoms with Gasteiger partial charge in [-0.05, 0) is 43.5 Å². The zero-order valence-corrected chi connectivity index (χ0v) is 17.2. The van der Waals surface area contributed by atoms with Crippen molar-refractivity contribution in [2.24, 2.45) is 5.73 Å². The summed E-state index contributed by atoms with van der Waals surface area (Å²) in [4.78, 5) is 36.1. The molecule has 2 atom stereocenters. The first-order chi connectivity index (χ1) is 13.7. The Morgan fingerprint density at radius 1 is 1.07 bits per heavy atom. The maximum atomic E-state index is 12.4. The lowest BCUT2D eigenvalue weighted by atomic mass is 10.0. The lowest BCUT2D eigenvalue weighted by molar-refractivity contribution is -0.153. The van der Waals surface area contributed by atoms with Crippen LogP contribution in [0.25, 0.3) is 0 Å². The number of nitrogens with two attached hydrogens (primary N) is 1. The van der Waals surface area contributed by atoms with Crippen LogP contribution in [-0.2, 0) is 14.3 Å². The quantitative estimate of drug-likeness (QED) is 0.597. The molecule has 154 valence electrons. The number of anilines is 1. The molecule has 29 heavy (non-hydrogen) atoms. The van der Waals surface area contributed by atoms with Crippen LogP contribution < -0.4 is 16.4 Å². The fourth-order valence-corrected chi connectivity index (χ4v) is 3.14. The summed E-state index contributed by atoms with van der Waals surface area (Å²) in [6.45, 7) is 5.23. The summed E-state index contributed by atoms with van der Waals surface area (Å²) in [5.74, 6) is -1.12. The Morgan fingerprint density at radius 2 is 1.69 bits per heavy atom. The third-order valence-corrected chi connectivity index (χ3v) is 4.72. The Balaban J connectivity index is 2.04. The molecular weight excluding hydrogens is 394 g/mol. The molecule has 7 nitrogen and oxygen atoms in total. The van der Waals surface area contributed by atoms with Gasteiger partial charge in [-0.1, -0.05) is 48.0 Å². The highest BCUT2D eigenvalue weighted by atomic mass is 35.5. The van der Waals surface area contributed by atoms with Crippen LogP contribution in [0.3, 0.4) is 0 Å². The van der Waals surface area contributed by atoms with Crippen LogP contribution in [0.4, 0.5) is 10.5 Å². The molecule has 0 heterocycles. The number of amides is 3. The number of benzene rings is 2. The molecule has 0 saturated carbocycles. The number of primary amides is 1. The van der Waals surface area contributed by atoms with Gasteiger partial charge in [-0.25, -0.2) is 4.79 Å². The van der Waals surface area contributed by atoms with Crippen molar-refractivity contribution in [1.29, 1.82) is 0 Å². The summed E-state index contributed by atoms with van der Waals surface area (Å²) < 4.78 is 5.25. The molecule has 0 fully saturated rings. The van der Waals surface area contributed by atoms with Crippen molar-refractivity contribution in [2.45, 2.75) is 39.3 Å². The molecule has 0 radical (unpaired) electrons. The average Bonchev–Trinajstić information content (AvgIpc) is 2.64. The van der Waals surface area contributed by atoms with E-state index in [9.17, 15) is 14.4 Å². The summed E-state index contributed by atoms with van der Waals surface area (Å²) in [5.41, 5.74) is 8.23. The van der Waals surface area contributed by atoms with Crippen molar-refractivity contribution < 1.29 is 19.1 Å². The summed E-state index contributed by atoms with van der Waals surface area (Å²) in [7, 11) is 0. The number of carbonyl (C=O) groups excluding carboxylic acids is 3. The number of aryl methyl sites for hydroxylation is 2. The monoisotopic (exact) mass is 417 g/mol. The van der Waals surface area contributed by atoms with Crippen molar-refractivity contribution in [3.05, 3.63) is 64.2 Å². The minimum Gasteiger partial charge on any atom is -0.452 e. The summed E-state index contributed by atoms with van der Waals surface area (Å²) >= 11 is 6.15. The van der Waals surface area contributed by atoms with Crippen LogP contribution in [-0.4, -0.2) is 24.0 Å². The molecular formula is C21H24ClN3O4. The molecule has 2 aromatic rings. The Hall–Kier alpha value is -3.06. The molecule has 0 aromatic heterocycles. The van der Waals surface area contributed by atoms with Gasteiger partial charge in [0.15, 0.2) is 6.10 Å². The number of halogens is 1. The predicted octanol–water partition coefficient (Wildman–Crippen LogP) is 3.63. The van der Waals surface area contributed by atoms with E-state index in [4.69, 9.17) is 22.1 Å². The highest BCUT2D eigenvalue weighted by Gasteiger charge is 2.24. The third-order valence-electron chi connectivity index (χ3n) is 4.37. The van der Waals surface area contributed by atoms with E-state index in [2.05, 4.69) is 10.6 Å². The highest BCUT2D eigenvalue weighted by molar-refractivity contribution is 6.31. The van der Waals surface area contributed by atoms with Gasteiger partial charge in [-0.15, -0.1) is 0 Å². The lowest BCUT2D eigenvalue weighted by Gasteiger charge is -2.20. The molecule has 8 heteroatoms. The summed E-state index contributed by atoms with van der Waals surface area (Å²) in [6, 6.07) is 10.8. The van der Waals surface area contributed by atoms with Gasteiger partial charge in [-0.2, -0.15) is 0 Å². The van der Waals surface area contributed by atoms with E-state index < -0.39 is 30.1 Å². The second-order valence-electron chi connectivity index (χ2n) is 6.67. The first-order valence-corrected chi connectivity index (χ1v) is 9.43. The Bertz CT molecular complexity index is 896. The molecule has 2 aromatic carbocycles. The van der Waals surface area contributed by atoms with E-state index in [1.54, 1.807) is 24.3 Å². The average molecular weight is 418 g/mol. The van der Waals surface area contributed by atoms with Gasteiger partial charge in [0.2, 0.25) is 0 Å². The molecule has 0 aliphatic heterocycles. The minimum atomic E-state index is -1.03. The van der Waals surface area contributed by atoms with Crippen LogP contribution in [0, 0.1) is 13.8 Å². The maximum absolute atomic E-state index is 12.4. The van der Waals surface area contributed by atoms with Crippen molar-refractivity contribution in [3.63, 3.8) is 0 Å². The van der Waals surface area contributed by atoms with Gasteiger partial charge in [0.1, 0.15) is 0 Å². The molecule has 0 unspecified atom stereocenters. The number of esters is 1. The molecule has 0 bridgehead atoms. The number of urea groups is 1. The fraction of sp³-hybridized carbons (Fsp3) is 0.286. The number of nitrogens with one attached hydrogen (secondary N) is 2. The summed E-state index contributed by atoms with van der Waals surface area (Å²) in [5, 5.41) is 5.64. The van der Waals surface area contributed by atoms with Crippen molar-refractivity contribution in [2.75, 3.05) is 5.32 Å². The fourth-order valence-electron chi connectivity index (χ4n) is 2.87. The first kappa shape index (κ1) is 22.2. The van der Waals surface area contributed by atoms with Crippen LogP contribution in [0.15, 0.2) is 42.5 Å². The maximum Gasteiger partial charge on any atom is 0.312 e. The standard InChI is InChI=1S/C21H24ClN3O4/c1-12-7-6-8-13(2)19(12)25-20(27)14(3)29-18(26)11-17(24-21(23)28)15-9-4-5-10-16(15)22/h4-10,14,17H,11H2,1-3H3,(H,25,27)(H3,23,24,28)/t14-,17+/m1/s1. The number of carbonyl (C=O) groups is 3. The van der Waals surface area contributed by atoms with E-state index >= 15 is 0 Å². The van der Waals surface area contributed by atoms with Crippen molar-refractivity contribution in [3.8, 4) is 0 Å². The van der Waals surface area contributed by atoms with Gasteiger partial charge >= 0.3 is 12.0 Å². The zero-order valence-electron chi connectivity index (χ0n) is 16.5. The number of ether oxygens (including phenoxy) is 1.